The third kappa shape index (κ3) is 4.70. The predicted octanol–water partition coefficient (Wildman–Crippen LogP) is 4.59. The summed E-state index contributed by atoms with van der Waals surface area (Å²) in [5.74, 6) is -0.103. The van der Waals surface area contributed by atoms with Crippen molar-refractivity contribution in [3.05, 3.63) is 93.5 Å². The number of nitrogens with zero attached hydrogens (tertiary/aromatic N) is 5. The fourth-order valence-electron chi connectivity index (χ4n) is 4.63. The highest BCUT2D eigenvalue weighted by Crippen LogP contribution is 2.30. The van der Waals surface area contributed by atoms with Gasteiger partial charge in [-0.1, -0.05) is 62.4 Å². The van der Waals surface area contributed by atoms with Crippen molar-refractivity contribution in [2.24, 2.45) is 0 Å². The van der Waals surface area contributed by atoms with Gasteiger partial charge in [0.1, 0.15) is 5.56 Å². The number of fused-ring (bicyclic) bond motifs is 1. The molecule has 0 spiro atoms. The van der Waals surface area contributed by atoms with E-state index in [1.165, 1.54) is 0 Å². The van der Waals surface area contributed by atoms with E-state index in [9.17, 15) is 9.59 Å². The van der Waals surface area contributed by atoms with Crippen LogP contribution in [0, 0.1) is 0 Å². The van der Waals surface area contributed by atoms with Crippen molar-refractivity contribution in [3.8, 4) is 22.5 Å². The molecular formula is C29H28N6O3. The third-order valence-electron chi connectivity index (χ3n) is 6.54. The molecule has 0 aliphatic rings. The fraction of sp³-hybridized carbons (Fsp3) is 0.241. The maximum atomic E-state index is 13.6. The number of H-pyrrole nitrogens is 1. The molecule has 0 aliphatic heterocycles. The van der Waals surface area contributed by atoms with Crippen LogP contribution in [0.15, 0.2) is 65.5 Å². The number of ether oxygens (including phenoxy) is 1. The zero-order valence-electron chi connectivity index (χ0n) is 21.6. The number of benzene rings is 2. The van der Waals surface area contributed by atoms with E-state index in [0.29, 0.717) is 18.8 Å². The molecule has 9 heteroatoms. The van der Waals surface area contributed by atoms with E-state index in [4.69, 9.17) is 9.72 Å². The Morgan fingerprint density at radius 2 is 1.74 bits per heavy atom. The molecule has 9 nitrogen and oxygen atoms in total. The second-order valence-corrected chi connectivity index (χ2v) is 8.85. The Bertz CT molecular complexity index is 1660. The molecular weight excluding hydrogens is 480 g/mol. The molecule has 3 heterocycles. The number of pyridine rings is 2. The minimum absolute atomic E-state index is 0.0192. The first-order valence-electron chi connectivity index (χ1n) is 12.7. The highest BCUT2D eigenvalue weighted by Gasteiger charge is 2.20. The van der Waals surface area contributed by atoms with Gasteiger partial charge in [0, 0.05) is 22.3 Å². The molecule has 38 heavy (non-hydrogen) atoms. The number of carbonyl (C=O) groups is 1. The number of carbonyl (C=O) groups excluding carboxylic acids is 1. The lowest BCUT2D eigenvalue weighted by Crippen LogP contribution is -2.28. The number of nitrogens with one attached hydrogen (secondary N) is 1. The molecule has 0 amide bonds. The lowest BCUT2D eigenvalue weighted by molar-refractivity contribution is 0.0524. The Morgan fingerprint density at radius 3 is 2.39 bits per heavy atom. The first-order valence-corrected chi connectivity index (χ1v) is 12.7. The maximum Gasteiger partial charge on any atom is 0.343 e. The van der Waals surface area contributed by atoms with Crippen molar-refractivity contribution in [2.45, 2.75) is 40.2 Å². The van der Waals surface area contributed by atoms with Crippen LogP contribution < -0.4 is 5.56 Å². The van der Waals surface area contributed by atoms with Crippen LogP contribution in [-0.2, 0) is 24.1 Å². The molecule has 192 valence electrons. The SMILES string of the molecule is CCOC(=O)c1cc2c(CC)nc(CC)cc2n(Cc2ccc(-c3ccccc3-c3nn[nH]n3)cc2)c1=O. The van der Waals surface area contributed by atoms with Gasteiger partial charge in [0.2, 0.25) is 5.82 Å². The second kappa shape index (κ2) is 10.8. The van der Waals surface area contributed by atoms with Crippen LogP contribution in [0.3, 0.4) is 0 Å². The Balaban J connectivity index is 1.59. The van der Waals surface area contributed by atoms with Gasteiger partial charge in [0.25, 0.3) is 5.56 Å². The number of aromatic amines is 1. The molecule has 0 aliphatic carbocycles. The molecule has 0 radical (unpaired) electrons. The normalized spacial score (nSPS) is 11.1. The molecule has 1 N–H and O–H groups in total. The number of rotatable bonds is 8. The summed E-state index contributed by atoms with van der Waals surface area (Å²) in [5.41, 5.74) is 5.90. The monoisotopic (exact) mass is 508 g/mol. The van der Waals surface area contributed by atoms with Gasteiger partial charge in [-0.2, -0.15) is 5.21 Å². The number of esters is 1. The smallest absolute Gasteiger partial charge is 0.343 e. The molecule has 0 fully saturated rings. The van der Waals surface area contributed by atoms with Crippen molar-refractivity contribution in [1.29, 1.82) is 0 Å². The van der Waals surface area contributed by atoms with Gasteiger partial charge in [0.05, 0.1) is 18.7 Å². The molecule has 0 saturated carbocycles. The summed E-state index contributed by atoms with van der Waals surface area (Å²) < 4.78 is 6.85. The van der Waals surface area contributed by atoms with Crippen molar-refractivity contribution in [1.82, 2.24) is 30.2 Å². The van der Waals surface area contributed by atoms with Gasteiger partial charge in [0.15, 0.2) is 0 Å². The van der Waals surface area contributed by atoms with Crippen molar-refractivity contribution in [3.63, 3.8) is 0 Å². The second-order valence-electron chi connectivity index (χ2n) is 8.85. The van der Waals surface area contributed by atoms with Crippen LogP contribution in [0.5, 0.6) is 0 Å². The summed E-state index contributed by atoms with van der Waals surface area (Å²) in [6.07, 6.45) is 1.42. The van der Waals surface area contributed by atoms with Gasteiger partial charge in [-0.3, -0.25) is 9.78 Å². The average Bonchev–Trinajstić information content (AvgIpc) is 3.49. The van der Waals surface area contributed by atoms with E-state index in [2.05, 4.69) is 20.6 Å². The summed E-state index contributed by atoms with van der Waals surface area (Å²) in [6.45, 7) is 6.27. The molecule has 3 aromatic heterocycles. The topological polar surface area (TPSA) is 116 Å². The molecule has 0 unspecified atom stereocenters. The Morgan fingerprint density at radius 1 is 0.974 bits per heavy atom. The minimum atomic E-state index is -0.622. The van der Waals surface area contributed by atoms with E-state index in [-0.39, 0.29) is 17.7 Å². The van der Waals surface area contributed by atoms with Crippen LogP contribution in [0.4, 0.5) is 0 Å². The largest absolute Gasteiger partial charge is 0.462 e. The third-order valence-corrected chi connectivity index (χ3v) is 6.54. The summed E-state index contributed by atoms with van der Waals surface area (Å²) in [5, 5.41) is 15.2. The van der Waals surface area contributed by atoms with E-state index in [1.807, 2.05) is 68.4 Å². The lowest BCUT2D eigenvalue weighted by Gasteiger charge is -2.16. The molecule has 5 aromatic rings. The molecule has 2 aromatic carbocycles. The van der Waals surface area contributed by atoms with Crippen LogP contribution in [-0.4, -0.2) is 42.8 Å². The summed E-state index contributed by atoms with van der Waals surface area (Å²) >= 11 is 0. The Labute approximate surface area is 219 Å². The highest BCUT2D eigenvalue weighted by molar-refractivity contribution is 5.94. The summed E-state index contributed by atoms with van der Waals surface area (Å²) in [7, 11) is 0. The van der Waals surface area contributed by atoms with E-state index in [0.717, 1.165) is 51.0 Å². The molecule has 0 atom stereocenters. The summed E-state index contributed by atoms with van der Waals surface area (Å²) in [4.78, 5) is 31.0. The first-order chi connectivity index (χ1) is 18.5. The van der Waals surface area contributed by atoms with Crippen molar-refractivity contribution < 1.29 is 9.53 Å². The van der Waals surface area contributed by atoms with Gasteiger partial charge in [-0.05, 0) is 53.8 Å². The van der Waals surface area contributed by atoms with E-state index < -0.39 is 5.97 Å². The number of tetrazole rings is 1. The first kappa shape index (κ1) is 25.0. The lowest BCUT2D eigenvalue weighted by atomic mass is 9.98. The number of aromatic nitrogens is 6. The van der Waals surface area contributed by atoms with Gasteiger partial charge in [-0.25, -0.2) is 4.79 Å². The van der Waals surface area contributed by atoms with Crippen molar-refractivity contribution in [2.75, 3.05) is 6.61 Å². The number of hydrogen-bond donors (Lipinski definition) is 1. The standard InChI is InChI=1S/C29H28N6O3/c1-4-20-15-26-23(25(5-2)30-20)16-24(29(37)38-6-3)28(36)35(26)17-18-11-13-19(14-12-18)21-9-7-8-10-22(21)27-31-33-34-32-27/h7-16H,4-6,17H2,1-3H3,(H,31,32,33,34). The van der Waals surface area contributed by atoms with Crippen LogP contribution >= 0.6 is 0 Å². The van der Waals surface area contributed by atoms with E-state index in [1.54, 1.807) is 17.6 Å². The Hall–Kier alpha value is -4.66. The zero-order chi connectivity index (χ0) is 26.6. The highest BCUT2D eigenvalue weighted by atomic mass is 16.5. The number of aryl methyl sites for hydroxylation is 2. The zero-order valence-corrected chi connectivity index (χ0v) is 21.6. The quantitative estimate of drug-likeness (QED) is 0.305. The van der Waals surface area contributed by atoms with Crippen LogP contribution in [0.25, 0.3) is 33.4 Å². The Kier molecular flexibility index (Phi) is 7.08. The van der Waals surface area contributed by atoms with E-state index >= 15 is 0 Å². The predicted molar refractivity (Wildman–Crippen MR) is 145 cm³/mol. The van der Waals surface area contributed by atoms with Crippen LogP contribution in [0.1, 0.15) is 48.1 Å². The fourth-order valence-corrected chi connectivity index (χ4v) is 4.63. The maximum absolute atomic E-state index is 13.6. The average molecular weight is 509 g/mol. The van der Waals surface area contributed by atoms with Crippen molar-refractivity contribution >= 4 is 16.9 Å². The van der Waals surface area contributed by atoms with Gasteiger partial charge in [-0.15, -0.1) is 10.2 Å². The molecule has 0 saturated heterocycles. The molecule has 5 rings (SSSR count). The molecule has 0 bridgehead atoms. The number of hydrogen-bond acceptors (Lipinski definition) is 7. The van der Waals surface area contributed by atoms with Gasteiger partial charge >= 0.3 is 5.97 Å². The minimum Gasteiger partial charge on any atom is -0.462 e. The van der Waals surface area contributed by atoms with Crippen LogP contribution in [0.2, 0.25) is 0 Å². The summed E-state index contributed by atoms with van der Waals surface area (Å²) in [6, 6.07) is 19.4. The van der Waals surface area contributed by atoms with Gasteiger partial charge < -0.3 is 9.30 Å².